The Hall–Kier alpha value is -3.77. The number of rotatable bonds is 9. The van der Waals surface area contributed by atoms with E-state index < -0.39 is 32.8 Å². The van der Waals surface area contributed by atoms with Crippen LogP contribution in [0.1, 0.15) is 29.8 Å². The van der Waals surface area contributed by atoms with Crippen LogP contribution in [0.5, 0.6) is 0 Å². The predicted molar refractivity (Wildman–Crippen MR) is 144 cm³/mol. The highest BCUT2D eigenvalue weighted by atomic mass is 32.2. The van der Waals surface area contributed by atoms with Crippen LogP contribution in [0.15, 0.2) is 54.7 Å². The summed E-state index contributed by atoms with van der Waals surface area (Å²) in [6.45, 7) is 5.23. The lowest BCUT2D eigenvalue weighted by Crippen LogP contribution is -2.50. The Bertz CT molecular complexity index is 1390. The van der Waals surface area contributed by atoms with Gasteiger partial charge in [-0.1, -0.05) is 6.07 Å². The molecule has 1 fully saturated rings. The largest absolute Gasteiger partial charge is 0.380 e. The van der Waals surface area contributed by atoms with Crippen molar-refractivity contribution < 1.29 is 22.0 Å². The Morgan fingerprint density at radius 2 is 1.68 bits per heavy atom. The molecule has 12 heteroatoms. The van der Waals surface area contributed by atoms with Crippen molar-refractivity contribution >= 4 is 38.8 Å². The topological polar surface area (TPSA) is 121 Å². The monoisotopic (exact) mass is 544 g/mol. The molecule has 0 saturated carbocycles. The number of nitrogens with one attached hydrogen (secondary N) is 2. The summed E-state index contributed by atoms with van der Waals surface area (Å²) in [5.74, 6) is -1.74. The van der Waals surface area contributed by atoms with Crippen molar-refractivity contribution in [2.75, 3.05) is 41.7 Å². The fourth-order valence-corrected chi connectivity index (χ4v) is 5.42. The number of sulfonamides is 1. The van der Waals surface area contributed by atoms with Gasteiger partial charge in [0.25, 0.3) is 5.91 Å². The number of amides is 1. The Morgan fingerprint density at radius 3 is 2.26 bits per heavy atom. The predicted octanol–water partition coefficient (Wildman–Crippen LogP) is 3.67. The number of carbonyl (C=O) groups is 1. The van der Waals surface area contributed by atoms with Crippen molar-refractivity contribution in [3.63, 3.8) is 0 Å². The van der Waals surface area contributed by atoms with Crippen molar-refractivity contribution in [3.8, 4) is 0 Å². The third-order valence-corrected chi connectivity index (χ3v) is 8.66. The van der Waals surface area contributed by atoms with E-state index in [0.29, 0.717) is 32.0 Å². The quantitative estimate of drug-likeness (QED) is 0.376. The van der Waals surface area contributed by atoms with Crippen molar-refractivity contribution in [2.45, 2.75) is 25.6 Å². The molecule has 1 aliphatic rings. The van der Waals surface area contributed by atoms with Crippen LogP contribution in [0, 0.1) is 11.6 Å². The van der Waals surface area contributed by atoms with Gasteiger partial charge in [0.05, 0.1) is 16.5 Å². The Balaban J connectivity index is 1.43. The molecule has 3 aromatic rings. The second kappa shape index (κ2) is 11.3. The minimum absolute atomic E-state index is 0.0845. The smallest absolute Gasteiger partial charge is 0.252 e. The minimum Gasteiger partial charge on any atom is -0.380 e. The molecule has 4 N–H and O–H groups in total. The molecule has 2 aromatic carbocycles. The summed E-state index contributed by atoms with van der Waals surface area (Å²) in [6, 6.07) is 12.7. The van der Waals surface area contributed by atoms with Gasteiger partial charge >= 0.3 is 0 Å². The van der Waals surface area contributed by atoms with E-state index in [-0.39, 0.29) is 23.4 Å². The van der Waals surface area contributed by atoms with Crippen LogP contribution >= 0.6 is 0 Å². The average Bonchev–Trinajstić information content (AvgIpc) is 2.89. The summed E-state index contributed by atoms with van der Waals surface area (Å²) < 4.78 is 54.4. The lowest BCUT2D eigenvalue weighted by Gasteiger charge is -2.36. The second-order valence-corrected chi connectivity index (χ2v) is 11.7. The maximum absolute atomic E-state index is 14.0. The summed E-state index contributed by atoms with van der Waals surface area (Å²) in [5.41, 5.74) is 7.34. The summed E-state index contributed by atoms with van der Waals surface area (Å²) in [7, 11) is -3.26. The molecule has 38 heavy (non-hydrogen) atoms. The number of nitrogens with zero attached hydrogens (tertiary/aromatic N) is 3. The molecule has 0 spiro atoms. The van der Waals surface area contributed by atoms with E-state index in [2.05, 4.69) is 20.5 Å². The van der Waals surface area contributed by atoms with Crippen LogP contribution in [-0.2, 0) is 16.6 Å². The first-order valence-corrected chi connectivity index (χ1v) is 13.6. The van der Waals surface area contributed by atoms with Gasteiger partial charge in [0.2, 0.25) is 10.0 Å². The molecular formula is C26H30F2N6O3S. The maximum atomic E-state index is 14.0. The van der Waals surface area contributed by atoms with Crippen LogP contribution in [-0.4, -0.2) is 55.0 Å². The van der Waals surface area contributed by atoms with Crippen LogP contribution in [0.3, 0.4) is 0 Å². The van der Waals surface area contributed by atoms with Crippen LogP contribution in [0.25, 0.3) is 0 Å². The third-order valence-electron chi connectivity index (χ3n) is 6.39. The zero-order valence-electron chi connectivity index (χ0n) is 21.1. The van der Waals surface area contributed by atoms with Gasteiger partial charge in [0, 0.05) is 61.9 Å². The van der Waals surface area contributed by atoms with Gasteiger partial charge in [-0.15, -0.1) is 0 Å². The molecule has 0 bridgehead atoms. The zero-order valence-corrected chi connectivity index (χ0v) is 21.9. The summed E-state index contributed by atoms with van der Waals surface area (Å²) >= 11 is 0. The number of pyridine rings is 1. The molecule has 202 valence electrons. The van der Waals surface area contributed by atoms with Gasteiger partial charge in [0.15, 0.2) is 0 Å². The van der Waals surface area contributed by atoms with Gasteiger partial charge in [-0.25, -0.2) is 22.2 Å². The number of halogens is 2. The fourth-order valence-electron chi connectivity index (χ4n) is 4.15. The van der Waals surface area contributed by atoms with E-state index >= 15 is 0 Å². The van der Waals surface area contributed by atoms with E-state index in [4.69, 9.17) is 5.73 Å². The van der Waals surface area contributed by atoms with Crippen molar-refractivity contribution in [3.05, 3.63) is 77.5 Å². The van der Waals surface area contributed by atoms with Gasteiger partial charge < -0.3 is 21.3 Å². The van der Waals surface area contributed by atoms with E-state index in [1.54, 1.807) is 19.9 Å². The van der Waals surface area contributed by atoms with E-state index in [9.17, 15) is 22.0 Å². The highest BCUT2D eigenvalue weighted by Gasteiger charge is 2.29. The first-order chi connectivity index (χ1) is 18.1. The highest BCUT2D eigenvalue weighted by molar-refractivity contribution is 7.89. The first kappa shape index (κ1) is 27.3. The number of hydrogen-bond donors (Lipinski definition) is 3. The van der Waals surface area contributed by atoms with E-state index in [1.807, 2.05) is 24.3 Å². The van der Waals surface area contributed by atoms with Crippen molar-refractivity contribution in [2.24, 2.45) is 5.73 Å². The van der Waals surface area contributed by atoms with Crippen molar-refractivity contribution in [1.82, 2.24) is 9.29 Å². The Labute approximate surface area is 220 Å². The summed E-state index contributed by atoms with van der Waals surface area (Å²) in [6.07, 6.45) is 1.30. The van der Waals surface area contributed by atoms with Gasteiger partial charge in [-0.2, -0.15) is 4.31 Å². The molecule has 1 aromatic heterocycles. The Kier molecular flexibility index (Phi) is 8.12. The van der Waals surface area contributed by atoms with Crippen LogP contribution < -0.4 is 21.3 Å². The molecule has 1 aliphatic heterocycles. The summed E-state index contributed by atoms with van der Waals surface area (Å²) in [5, 5.41) is 5.58. The third kappa shape index (κ3) is 6.03. The number of primary amides is 1. The average molecular weight is 545 g/mol. The molecule has 4 rings (SSSR count). The molecular weight excluding hydrogens is 514 g/mol. The molecule has 0 unspecified atom stereocenters. The van der Waals surface area contributed by atoms with E-state index in [1.165, 1.54) is 16.6 Å². The first-order valence-electron chi connectivity index (χ1n) is 12.1. The minimum atomic E-state index is -3.26. The Morgan fingerprint density at radius 1 is 1.05 bits per heavy atom. The number of nitrogens with two attached hydrogens (primary N) is 1. The lowest BCUT2D eigenvalue weighted by molar-refractivity contribution is 0.100. The number of aromatic nitrogens is 1. The lowest BCUT2D eigenvalue weighted by atomic mass is 10.1. The highest BCUT2D eigenvalue weighted by Crippen LogP contribution is 2.26. The molecule has 0 radical (unpaired) electrons. The SMILES string of the molecule is CC(C)S(=O)(=O)N1CCN(c2ccc(Nc3cc(NCc4c(F)cccc4F)c(C(N)=O)cn3)cc2)CC1. The molecule has 9 nitrogen and oxygen atoms in total. The standard InChI is InChI=1S/C26H30F2N6O3S/c1-17(2)38(36,37)34-12-10-33(11-13-34)19-8-6-18(7-9-19)32-25-14-24(21(16-31-25)26(29)35)30-15-20-22(27)4-3-5-23(20)28/h3-9,14,16-17H,10-13,15H2,1-2H3,(H2,29,35)(H2,30,31,32). The van der Waals surface area contributed by atoms with E-state index in [0.717, 1.165) is 23.5 Å². The number of anilines is 4. The molecule has 1 amide bonds. The molecule has 2 heterocycles. The maximum Gasteiger partial charge on any atom is 0.252 e. The normalized spacial score (nSPS) is 14.5. The van der Waals surface area contributed by atoms with Crippen molar-refractivity contribution in [1.29, 1.82) is 0 Å². The summed E-state index contributed by atoms with van der Waals surface area (Å²) in [4.78, 5) is 18.2. The van der Waals surface area contributed by atoms with Gasteiger partial charge in [-0.3, -0.25) is 4.79 Å². The van der Waals surface area contributed by atoms with Crippen LogP contribution in [0.2, 0.25) is 0 Å². The van der Waals surface area contributed by atoms with Gasteiger partial charge in [-0.05, 0) is 50.2 Å². The number of carbonyl (C=O) groups excluding carboxylic acids is 1. The number of hydrogen-bond acceptors (Lipinski definition) is 7. The second-order valence-electron chi connectivity index (χ2n) is 9.18. The van der Waals surface area contributed by atoms with Gasteiger partial charge in [0.1, 0.15) is 17.5 Å². The molecule has 0 aliphatic carbocycles. The number of benzene rings is 2. The fraction of sp³-hybridized carbons (Fsp3) is 0.308. The zero-order chi connectivity index (χ0) is 27.4. The number of piperazine rings is 1. The molecule has 0 atom stereocenters. The molecule has 1 saturated heterocycles. The van der Waals surface area contributed by atoms with Crippen LogP contribution in [0.4, 0.5) is 31.7 Å².